The summed E-state index contributed by atoms with van der Waals surface area (Å²) in [6.45, 7) is 5.21. The Morgan fingerprint density at radius 3 is 3.00 bits per heavy atom. The number of nitrogens with two attached hydrogens (primary N) is 1. The summed E-state index contributed by atoms with van der Waals surface area (Å²) in [7, 11) is 0. The predicted octanol–water partition coefficient (Wildman–Crippen LogP) is 2.25. The molecule has 3 rings (SSSR count). The SMILES string of the molecule is Cc1[nH]ncc1CCCN1Cc2cccc(N)c2C1. The Kier molecular flexibility index (Phi) is 3.25. The number of rotatable bonds is 4. The first-order valence-electron chi connectivity index (χ1n) is 6.81. The van der Waals surface area contributed by atoms with Gasteiger partial charge in [-0.3, -0.25) is 10.00 Å². The molecule has 100 valence electrons. The van der Waals surface area contributed by atoms with Crippen molar-refractivity contribution in [3.63, 3.8) is 0 Å². The van der Waals surface area contributed by atoms with Gasteiger partial charge in [-0.05, 0) is 49.1 Å². The third kappa shape index (κ3) is 2.49. The molecule has 2 aromatic rings. The fraction of sp³-hybridized carbons (Fsp3) is 0.400. The molecule has 0 unspecified atom stereocenters. The summed E-state index contributed by atoms with van der Waals surface area (Å²) in [5, 5.41) is 7.05. The van der Waals surface area contributed by atoms with Crippen molar-refractivity contribution in [3.8, 4) is 0 Å². The highest BCUT2D eigenvalue weighted by Gasteiger charge is 2.19. The Bertz CT molecular complexity index is 573. The lowest BCUT2D eigenvalue weighted by Crippen LogP contribution is -2.18. The predicted molar refractivity (Wildman–Crippen MR) is 76.6 cm³/mol. The number of aryl methyl sites for hydroxylation is 2. The lowest BCUT2D eigenvalue weighted by atomic mass is 10.1. The van der Waals surface area contributed by atoms with Crippen molar-refractivity contribution in [2.24, 2.45) is 0 Å². The quantitative estimate of drug-likeness (QED) is 0.825. The van der Waals surface area contributed by atoms with Gasteiger partial charge in [0.1, 0.15) is 0 Å². The molecule has 1 aliphatic rings. The van der Waals surface area contributed by atoms with E-state index in [-0.39, 0.29) is 0 Å². The van der Waals surface area contributed by atoms with E-state index in [4.69, 9.17) is 5.73 Å². The normalized spacial score (nSPS) is 14.8. The van der Waals surface area contributed by atoms with Crippen molar-refractivity contribution in [1.29, 1.82) is 0 Å². The molecule has 4 heteroatoms. The molecule has 1 aliphatic heterocycles. The van der Waals surface area contributed by atoms with Crippen molar-refractivity contribution >= 4 is 5.69 Å². The van der Waals surface area contributed by atoms with Gasteiger partial charge in [0.25, 0.3) is 0 Å². The van der Waals surface area contributed by atoms with Gasteiger partial charge >= 0.3 is 0 Å². The molecular formula is C15H20N4. The Balaban J connectivity index is 1.54. The van der Waals surface area contributed by atoms with E-state index in [1.807, 2.05) is 18.3 Å². The van der Waals surface area contributed by atoms with E-state index in [9.17, 15) is 0 Å². The molecule has 0 radical (unpaired) electrons. The number of hydrogen-bond donors (Lipinski definition) is 2. The highest BCUT2D eigenvalue weighted by molar-refractivity contribution is 5.52. The summed E-state index contributed by atoms with van der Waals surface area (Å²) >= 11 is 0. The number of aromatic nitrogens is 2. The molecule has 0 spiro atoms. The van der Waals surface area contributed by atoms with Gasteiger partial charge in [-0.1, -0.05) is 12.1 Å². The van der Waals surface area contributed by atoms with Crippen molar-refractivity contribution < 1.29 is 0 Å². The van der Waals surface area contributed by atoms with Crippen molar-refractivity contribution in [2.75, 3.05) is 12.3 Å². The number of hydrogen-bond acceptors (Lipinski definition) is 3. The molecular weight excluding hydrogens is 236 g/mol. The van der Waals surface area contributed by atoms with Gasteiger partial charge in [-0.25, -0.2) is 0 Å². The van der Waals surface area contributed by atoms with E-state index in [2.05, 4.69) is 28.1 Å². The van der Waals surface area contributed by atoms with Crippen LogP contribution in [0.25, 0.3) is 0 Å². The molecule has 0 fully saturated rings. The number of anilines is 1. The van der Waals surface area contributed by atoms with Crippen molar-refractivity contribution in [2.45, 2.75) is 32.9 Å². The molecule has 0 saturated carbocycles. The zero-order valence-corrected chi connectivity index (χ0v) is 11.3. The molecule has 0 atom stereocenters. The number of nitrogens with zero attached hydrogens (tertiary/aromatic N) is 2. The van der Waals surface area contributed by atoms with Gasteiger partial charge in [0.2, 0.25) is 0 Å². The topological polar surface area (TPSA) is 57.9 Å². The summed E-state index contributed by atoms with van der Waals surface area (Å²) in [4.78, 5) is 2.47. The van der Waals surface area contributed by atoms with E-state index >= 15 is 0 Å². The van der Waals surface area contributed by atoms with Gasteiger partial charge in [0.15, 0.2) is 0 Å². The van der Waals surface area contributed by atoms with E-state index in [1.54, 1.807) is 0 Å². The monoisotopic (exact) mass is 256 g/mol. The molecule has 3 N–H and O–H groups in total. The Labute approximate surface area is 113 Å². The minimum Gasteiger partial charge on any atom is -0.398 e. The Morgan fingerprint density at radius 1 is 1.37 bits per heavy atom. The van der Waals surface area contributed by atoms with Gasteiger partial charge < -0.3 is 5.73 Å². The van der Waals surface area contributed by atoms with Gasteiger partial charge in [0.05, 0.1) is 6.20 Å². The van der Waals surface area contributed by atoms with Crippen LogP contribution in [0.4, 0.5) is 5.69 Å². The largest absolute Gasteiger partial charge is 0.398 e. The van der Waals surface area contributed by atoms with Crippen LogP contribution in [0.15, 0.2) is 24.4 Å². The standard InChI is InChI=1S/C15H20N4/c1-11-12(8-17-18-11)5-3-7-19-9-13-4-2-6-15(16)14(13)10-19/h2,4,6,8H,3,5,7,9-10,16H2,1H3,(H,17,18). The molecule has 0 aliphatic carbocycles. The minimum absolute atomic E-state index is 0.936. The molecule has 2 heterocycles. The first-order chi connectivity index (χ1) is 9.24. The van der Waals surface area contributed by atoms with Crippen molar-refractivity contribution in [3.05, 3.63) is 46.8 Å². The van der Waals surface area contributed by atoms with Crippen LogP contribution in [-0.2, 0) is 19.5 Å². The smallest absolute Gasteiger partial charge is 0.0522 e. The third-order valence-corrected chi connectivity index (χ3v) is 3.94. The van der Waals surface area contributed by atoms with Gasteiger partial charge in [0, 0.05) is 24.5 Å². The first kappa shape index (κ1) is 12.2. The number of H-pyrrole nitrogens is 1. The number of benzene rings is 1. The van der Waals surface area contributed by atoms with Crippen LogP contribution in [0.2, 0.25) is 0 Å². The molecule has 0 saturated heterocycles. The molecule has 4 nitrogen and oxygen atoms in total. The van der Waals surface area contributed by atoms with Gasteiger partial charge in [-0.15, -0.1) is 0 Å². The van der Waals surface area contributed by atoms with Crippen LogP contribution < -0.4 is 5.73 Å². The lowest BCUT2D eigenvalue weighted by molar-refractivity contribution is 0.280. The third-order valence-electron chi connectivity index (χ3n) is 3.94. The maximum absolute atomic E-state index is 6.02. The average molecular weight is 256 g/mol. The summed E-state index contributed by atoms with van der Waals surface area (Å²) in [5.74, 6) is 0. The number of fused-ring (bicyclic) bond motifs is 1. The summed E-state index contributed by atoms with van der Waals surface area (Å²) in [6.07, 6.45) is 4.19. The van der Waals surface area contributed by atoms with E-state index < -0.39 is 0 Å². The van der Waals surface area contributed by atoms with E-state index in [0.29, 0.717) is 0 Å². The average Bonchev–Trinajstić information content (AvgIpc) is 2.97. The van der Waals surface area contributed by atoms with E-state index in [1.165, 1.54) is 22.4 Å². The second-order valence-corrected chi connectivity index (χ2v) is 5.32. The Morgan fingerprint density at radius 2 is 2.26 bits per heavy atom. The molecule has 1 aromatic carbocycles. The fourth-order valence-electron chi connectivity index (χ4n) is 2.79. The summed E-state index contributed by atoms with van der Waals surface area (Å²) in [5.41, 5.74) is 12.2. The van der Waals surface area contributed by atoms with Crippen molar-refractivity contribution in [1.82, 2.24) is 15.1 Å². The second-order valence-electron chi connectivity index (χ2n) is 5.32. The number of nitrogen functional groups attached to an aromatic ring is 1. The zero-order chi connectivity index (χ0) is 13.2. The van der Waals surface area contributed by atoms with Crippen LogP contribution in [0, 0.1) is 6.92 Å². The summed E-state index contributed by atoms with van der Waals surface area (Å²) in [6, 6.07) is 6.23. The van der Waals surface area contributed by atoms with Crippen LogP contribution >= 0.6 is 0 Å². The second kappa shape index (κ2) is 5.05. The minimum atomic E-state index is 0.936. The van der Waals surface area contributed by atoms with Crippen LogP contribution in [-0.4, -0.2) is 21.6 Å². The van der Waals surface area contributed by atoms with Crippen LogP contribution in [0.5, 0.6) is 0 Å². The maximum atomic E-state index is 6.02. The van der Waals surface area contributed by atoms with E-state index in [0.717, 1.165) is 38.2 Å². The molecule has 0 amide bonds. The molecule has 19 heavy (non-hydrogen) atoms. The highest BCUT2D eigenvalue weighted by Crippen LogP contribution is 2.27. The fourth-order valence-corrected chi connectivity index (χ4v) is 2.79. The lowest BCUT2D eigenvalue weighted by Gasteiger charge is -2.14. The van der Waals surface area contributed by atoms with Gasteiger partial charge in [-0.2, -0.15) is 5.10 Å². The maximum Gasteiger partial charge on any atom is 0.0522 e. The number of aromatic amines is 1. The van der Waals surface area contributed by atoms with Crippen LogP contribution in [0.3, 0.4) is 0 Å². The van der Waals surface area contributed by atoms with Crippen LogP contribution in [0.1, 0.15) is 28.8 Å². The Hall–Kier alpha value is -1.81. The zero-order valence-electron chi connectivity index (χ0n) is 11.3. The molecule has 1 aromatic heterocycles. The highest BCUT2D eigenvalue weighted by atomic mass is 15.1. The molecule has 0 bridgehead atoms. The number of nitrogens with one attached hydrogen (secondary N) is 1. The first-order valence-corrected chi connectivity index (χ1v) is 6.81. The summed E-state index contributed by atoms with van der Waals surface area (Å²) < 4.78 is 0.